The van der Waals surface area contributed by atoms with Gasteiger partial charge >= 0.3 is 265 Å². The van der Waals surface area contributed by atoms with Crippen LogP contribution in [0.2, 0.25) is 5.04 Å². The summed E-state index contributed by atoms with van der Waals surface area (Å²) in [6, 6.07) is 22.5. The quantitative estimate of drug-likeness (QED) is 0.199. The molecule has 0 heterocycles. The van der Waals surface area contributed by atoms with E-state index in [1.165, 1.54) is 69.5 Å². The topological polar surface area (TPSA) is 69.2 Å². The average molecular weight is 773 g/mol. The predicted molar refractivity (Wildman–Crippen MR) is 225 cm³/mol. The SMILES string of the molecule is CC(C)[O-].CC(C)[O-].CC(C)[O-].CC1=C(C)C(C)([Si](c2cc(C)cc(C)c2)(c2cc(C)cc(C)c2)c2cc(C(C)(C)C)cc(C(C)(C)C)c2)[C]([Ti+3])=C1C. The molecule has 1 unspecified atom stereocenters. The molecule has 0 N–H and O–H groups in total. The van der Waals surface area contributed by atoms with Crippen LogP contribution in [0, 0.1) is 27.7 Å². The molecule has 1 atom stereocenters. The molecule has 0 saturated carbocycles. The average Bonchev–Trinajstić information content (AvgIpc) is 3.10. The first kappa shape index (κ1) is 49.0. The van der Waals surface area contributed by atoms with Crippen molar-refractivity contribution in [1.29, 1.82) is 0 Å². The minimum absolute atomic E-state index is 0.0410. The van der Waals surface area contributed by atoms with Crippen molar-refractivity contribution in [2.45, 2.75) is 173 Å². The molecular formula is C48H72O3SiTi. The molecule has 0 aliphatic heterocycles. The summed E-state index contributed by atoms with van der Waals surface area (Å²) in [5, 5.41) is 33.0. The third kappa shape index (κ3) is 12.2. The van der Waals surface area contributed by atoms with Crippen molar-refractivity contribution in [3.05, 3.63) is 109 Å². The summed E-state index contributed by atoms with van der Waals surface area (Å²) >= 11 is 2.43. The molecule has 0 radical (unpaired) electrons. The minimum atomic E-state index is -2.79. The number of hydrogen-bond acceptors (Lipinski definition) is 3. The Bertz CT molecular complexity index is 1570. The van der Waals surface area contributed by atoms with E-state index in [1.54, 1.807) is 41.5 Å². The van der Waals surface area contributed by atoms with Gasteiger partial charge in [-0.2, -0.15) is 0 Å². The number of benzene rings is 3. The summed E-state index contributed by atoms with van der Waals surface area (Å²) in [5.74, 6) is 0. The van der Waals surface area contributed by atoms with Crippen molar-refractivity contribution in [2.24, 2.45) is 0 Å². The van der Waals surface area contributed by atoms with Crippen molar-refractivity contribution in [3.63, 3.8) is 0 Å². The number of rotatable bonds is 4. The maximum absolute atomic E-state index is 9.53. The fourth-order valence-corrected chi connectivity index (χ4v) is 15.4. The van der Waals surface area contributed by atoms with Crippen LogP contribution in [0.15, 0.2) is 75.2 Å². The molecule has 5 heteroatoms. The summed E-state index contributed by atoms with van der Waals surface area (Å²) in [7, 11) is -2.79. The molecule has 0 spiro atoms. The van der Waals surface area contributed by atoms with Crippen LogP contribution in [0.1, 0.15) is 144 Å². The van der Waals surface area contributed by atoms with E-state index in [9.17, 15) is 15.3 Å². The van der Waals surface area contributed by atoms with Gasteiger partial charge in [0.25, 0.3) is 0 Å². The zero-order valence-electron chi connectivity index (χ0n) is 37.2. The number of aryl methyl sites for hydroxylation is 4. The van der Waals surface area contributed by atoms with Crippen LogP contribution in [0.25, 0.3) is 0 Å². The summed E-state index contributed by atoms with van der Waals surface area (Å²) in [4.78, 5) is 0. The molecule has 53 heavy (non-hydrogen) atoms. The van der Waals surface area contributed by atoms with E-state index in [4.69, 9.17) is 0 Å². The predicted octanol–water partition coefficient (Wildman–Crippen LogP) is 8.18. The summed E-state index contributed by atoms with van der Waals surface area (Å²) < 4.78 is 1.54. The Morgan fingerprint density at radius 1 is 0.491 bits per heavy atom. The van der Waals surface area contributed by atoms with Crippen LogP contribution in [-0.4, -0.2) is 26.4 Å². The van der Waals surface area contributed by atoms with Crippen LogP contribution in [0.4, 0.5) is 0 Å². The molecule has 3 nitrogen and oxygen atoms in total. The Balaban J connectivity index is 0.00000102. The van der Waals surface area contributed by atoms with E-state index in [0.29, 0.717) is 0 Å². The normalized spacial score (nSPS) is 16.4. The Kier molecular flexibility index (Phi) is 17.7. The van der Waals surface area contributed by atoms with Gasteiger partial charge in [0.05, 0.1) is 0 Å². The van der Waals surface area contributed by atoms with Gasteiger partial charge in [-0.3, -0.25) is 0 Å². The molecule has 0 bridgehead atoms. The van der Waals surface area contributed by atoms with Gasteiger partial charge < -0.3 is 15.3 Å². The summed E-state index contributed by atoms with van der Waals surface area (Å²) in [6.45, 7) is 42.8. The zero-order chi connectivity index (χ0) is 41.6. The van der Waals surface area contributed by atoms with Gasteiger partial charge in [0.1, 0.15) is 0 Å². The zero-order valence-corrected chi connectivity index (χ0v) is 39.7. The third-order valence-electron chi connectivity index (χ3n) is 9.91. The van der Waals surface area contributed by atoms with E-state index < -0.39 is 26.4 Å². The van der Waals surface area contributed by atoms with E-state index in [1.807, 2.05) is 0 Å². The summed E-state index contributed by atoms with van der Waals surface area (Å²) in [6.07, 6.45) is -1.25. The van der Waals surface area contributed by atoms with Crippen LogP contribution >= 0.6 is 0 Å². The number of hydrogen-bond donors (Lipinski definition) is 0. The Hall–Kier alpha value is -2.05. The van der Waals surface area contributed by atoms with E-state index >= 15 is 0 Å². The van der Waals surface area contributed by atoms with E-state index in [-0.39, 0.29) is 15.9 Å². The third-order valence-corrected chi connectivity index (χ3v) is 17.3. The van der Waals surface area contributed by atoms with Crippen molar-refractivity contribution in [2.75, 3.05) is 0 Å². The molecule has 0 amide bonds. The molecule has 0 saturated heterocycles. The van der Waals surface area contributed by atoms with Gasteiger partial charge in [0, 0.05) is 0 Å². The van der Waals surface area contributed by atoms with Crippen molar-refractivity contribution < 1.29 is 35.8 Å². The fourth-order valence-electron chi connectivity index (χ4n) is 7.33. The van der Waals surface area contributed by atoms with Gasteiger partial charge in [0.15, 0.2) is 0 Å². The van der Waals surface area contributed by atoms with E-state index in [0.717, 1.165) is 0 Å². The van der Waals surface area contributed by atoms with Gasteiger partial charge in [-0.25, -0.2) is 0 Å². The molecule has 3 aromatic rings. The monoisotopic (exact) mass is 772 g/mol. The van der Waals surface area contributed by atoms with Gasteiger partial charge in [-0.15, -0.1) is 18.3 Å². The van der Waals surface area contributed by atoms with Crippen LogP contribution in [-0.2, 0) is 31.3 Å². The van der Waals surface area contributed by atoms with Crippen molar-refractivity contribution >= 4 is 23.6 Å². The molecule has 290 valence electrons. The standard InChI is InChI=1S/C39H51Si.3C3H7O.Ti/c1-25-15-26(2)18-34(17-25)40(35-19-27(3)16-28(4)20-35,39(14)24-29(5)30(6)31(39)7)36-22-32(37(8,9)10)21-33(23-36)38(11,12)13;3*1-3(2)4;/h15-23H,1-14H3;3*3H,1-2H3;/q;3*-1;+3. The van der Waals surface area contributed by atoms with Crippen LogP contribution < -0.4 is 30.9 Å². The molecule has 0 aromatic heterocycles. The fraction of sp³-hybridized carbons (Fsp3) is 0.542. The molecule has 3 aromatic carbocycles. The first-order chi connectivity index (χ1) is 23.9. The molecule has 0 fully saturated rings. The Labute approximate surface area is 338 Å². The van der Waals surface area contributed by atoms with Gasteiger partial charge in [0.2, 0.25) is 0 Å². The first-order valence-corrected chi connectivity index (χ1v) is 22.1. The Morgan fingerprint density at radius 3 is 0.981 bits per heavy atom. The van der Waals surface area contributed by atoms with Crippen LogP contribution in [0.5, 0.6) is 0 Å². The van der Waals surface area contributed by atoms with Crippen molar-refractivity contribution in [3.8, 4) is 0 Å². The molecule has 1 aliphatic rings. The maximum atomic E-state index is 9.53. The van der Waals surface area contributed by atoms with Crippen molar-refractivity contribution in [1.82, 2.24) is 0 Å². The van der Waals surface area contributed by atoms with Gasteiger partial charge in [-0.1, -0.05) is 41.5 Å². The second kappa shape index (κ2) is 19.2. The Morgan fingerprint density at radius 2 is 0.755 bits per heavy atom. The molecule has 4 rings (SSSR count). The van der Waals surface area contributed by atoms with Gasteiger partial charge in [-0.05, 0) is 0 Å². The van der Waals surface area contributed by atoms with Crippen LogP contribution in [0.3, 0.4) is 0 Å². The summed E-state index contributed by atoms with van der Waals surface area (Å²) in [5.41, 5.74) is 12.8. The molecular weight excluding hydrogens is 700 g/mol. The second-order valence-corrected chi connectivity index (χ2v) is 23.3. The number of allylic oxidation sites excluding steroid dienone is 4. The first-order valence-electron chi connectivity index (χ1n) is 19.4. The van der Waals surface area contributed by atoms with E-state index in [2.05, 4.69) is 172 Å². The molecule has 1 aliphatic carbocycles. The second-order valence-electron chi connectivity index (χ2n) is 18.3.